The van der Waals surface area contributed by atoms with Gasteiger partial charge in [-0.15, -0.1) is 0 Å². The smallest absolute Gasteiger partial charge is 0.119 e. The van der Waals surface area contributed by atoms with E-state index in [1.54, 1.807) is 0 Å². The molecule has 0 aromatic heterocycles. The van der Waals surface area contributed by atoms with Crippen LogP contribution in [0.25, 0.3) is 0 Å². The lowest BCUT2D eigenvalue weighted by molar-refractivity contribution is 0.281. The molecule has 0 aliphatic carbocycles. The van der Waals surface area contributed by atoms with E-state index in [2.05, 4.69) is 19.0 Å². The van der Waals surface area contributed by atoms with Gasteiger partial charge in [0, 0.05) is 6.54 Å². The van der Waals surface area contributed by atoms with Gasteiger partial charge in [0.15, 0.2) is 0 Å². The van der Waals surface area contributed by atoms with E-state index in [1.165, 1.54) is 0 Å². The molecular weight excluding hydrogens is 186 g/mol. The maximum atomic E-state index is 5.53. The van der Waals surface area contributed by atoms with Gasteiger partial charge in [0.05, 0.1) is 6.61 Å². The zero-order chi connectivity index (χ0) is 11.5. The minimum atomic E-state index is 0.794. The van der Waals surface area contributed by atoms with Gasteiger partial charge >= 0.3 is 0 Å². The van der Waals surface area contributed by atoms with Gasteiger partial charge in [-0.3, -0.25) is 0 Å². The second-order valence-electron chi connectivity index (χ2n) is 3.32. The van der Waals surface area contributed by atoms with Crippen molar-refractivity contribution < 1.29 is 4.74 Å². The number of hydrogen-bond donors (Lipinski definition) is 0. The lowest BCUT2D eigenvalue weighted by atomic mass is 10.3. The third-order valence-corrected chi connectivity index (χ3v) is 1.76. The monoisotopic (exact) mass is 209 g/mol. The van der Waals surface area contributed by atoms with E-state index in [-0.39, 0.29) is 0 Å². The molecule has 0 heterocycles. The van der Waals surface area contributed by atoms with Gasteiger partial charge < -0.3 is 9.64 Å². The average molecular weight is 209 g/mol. The van der Waals surface area contributed by atoms with Crippen LogP contribution in [0.15, 0.2) is 30.3 Å². The van der Waals surface area contributed by atoms with E-state index >= 15 is 0 Å². The van der Waals surface area contributed by atoms with Crippen LogP contribution < -0.4 is 4.74 Å². The van der Waals surface area contributed by atoms with Crippen LogP contribution in [0, 0.1) is 0 Å². The number of ether oxygens (including phenoxy) is 1. The van der Waals surface area contributed by atoms with Crippen molar-refractivity contribution in [3.05, 3.63) is 30.3 Å². The third kappa shape index (κ3) is 8.01. The second kappa shape index (κ2) is 9.53. The maximum absolute atomic E-state index is 5.53. The van der Waals surface area contributed by atoms with Gasteiger partial charge in [0.25, 0.3) is 0 Å². The predicted molar refractivity (Wildman–Crippen MR) is 66.5 cm³/mol. The van der Waals surface area contributed by atoms with Crippen LogP contribution >= 0.6 is 0 Å². The minimum Gasteiger partial charge on any atom is -0.494 e. The fourth-order valence-electron chi connectivity index (χ4n) is 1.09. The standard InChI is InChI=1S/C11H17NO.C2H6/c1-12(2)9-6-10-13-11-7-4-3-5-8-11;1-2/h3-5,7-8H,6,9-10H2,1-2H3;1-2H3. The minimum absolute atomic E-state index is 0.794. The highest BCUT2D eigenvalue weighted by Gasteiger charge is 1.92. The van der Waals surface area contributed by atoms with E-state index in [9.17, 15) is 0 Å². The molecule has 1 rings (SSSR count). The molecule has 2 heteroatoms. The number of nitrogens with zero attached hydrogens (tertiary/aromatic N) is 1. The molecule has 0 bridgehead atoms. The molecule has 0 saturated carbocycles. The van der Waals surface area contributed by atoms with Crippen molar-refractivity contribution >= 4 is 0 Å². The largest absolute Gasteiger partial charge is 0.494 e. The van der Waals surface area contributed by atoms with Crippen molar-refractivity contribution in [2.24, 2.45) is 0 Å². The summed E-state index contributed by atoms with van der Waals surface area (Å²) >= 11 is 0. The van der Waals surface area contributed by atoms with E-state index in [1.807, 2.05) is 44.2 Å². The van der Waals surface area contributed by atoms with Crippen LogP contribution in [-0.4, -0.2) is 32.1 Å². The SMILES string of the molecule is CC.CN(C)CCCOc1ccccc1. The van der Waals surface area contributed by atoms with Gasteiger partial charge in [-0.05, 0) is 32.6 Å². The number of hydrogen-bond acceptors (Lipinski definition) is 2. The summed E-state index contributed by atoms with van der Waals surface area (Å²) in [7, 11) is 4.14. The highest BCUT2D eigenvalue weighted by atomic mass is 16.5. The summed E-state index contributed by atoms with van der Waals surface area (Å²) < 4.78 is 5.53. The van der Waals surface area contributed by atoms with Gasteiger partial charge in [-0.25, -0.2) is 0 Å². The van der Waals surface area contributed by atoms with Crippen LogP contribution in [-0.2, 0) is 0 Å². The van der Waals surface area contributed by atoms with Crippen molar-refractivity contribution in [2.75, 3.05) is 27.2 Å². The normalized spacial score (nSPS) is 9.40. The lowest BCUT2D eigenvalue weighted by Gasteiger charge is -2.09. The summed E-state index contributed by atoms with van der Waals surface area (Å²) in [5, 5.41) is 0. The van der Waals surface area contributed by atoms with Gasteiger partial charge in [-0.2, -0.15) is 0 Å². The van der Waals surface area contributed by atoms with Crippen LogP contribution in [0.2, 0.25) is 0 Å². The van der Waals surface area contributed by atoms with Crippen molar-refractivity contribution in [2.45, 2.75) is 20.3 Å². The third-order valence-electron chi connectivity index (χ3n) is 1.76. The number of para-hydroxylation sites is 1. The van der Waals surface area contributed by atoms with Gasteiger partial charge in [0.1, 0.15) is 5.75 Å². The van der Waals surface area contributed by atoms with Crippen molar-refractivity contribution in [1.29, 1.82) is 0 Å². The second-order valence-corrected chi connectivity index (χ2v) is 3.32. The van der Waals surface area contributed by atoms with Gasteiger partial charge in [-0.1, -0.05) is 32.0 Å². The first-order valence-corrected chi connectivity index (χ1v) is 5.61. The molecule has 1 aromatic carbocycles. The Morgan fingerprint density at radius 1 is 1.07 bits per heavy atom. The first-order valence-electron chi connectivity index (χ1n) is 5.61. The van der Waals surface area contributed by atoms with Gasteiger partial charge in [0.2, 0.25) is 0 Å². The van der Waals surface area contributed by atoms with E-state index in [4.69, 9.17) is 4.74 Å². The highest BCUT2D eigenvalue weighted by Crippen LogP contribution is 2.08. The summed E-state index contributed by atoms with van der Waals surface area (Å²) in [6.45, 7) is 5.87. The summed E-state index contributed by atoms with van der Waals surface area (Å²) in [5.74, 6) is 0.959. The van der Waals surface area contributed by atoms with Crippen LogP contribution in [0.1, 0.15) is 20.3 Å². The van der Waals surface area contributed by atoms with Crippen molar-refractivity contribution in [3.8, 4) is 5.75 Å². The average Bonchev–Trinajstić information content (AvgIpc) is 2.28. The molecule has 0 amide bonds. The first kappa shape index (κ1) is 14.0. The molecule has 0 radical (unpaired) electrons. The topological polar surface area (TPSA) is 12.5 Å². The van der Waals surface area contributed by atoms with Crippen molar-refractivity contribution in [3.63, 3.8) is 0 Å². The highest BCUT2D eigenvalue weighted by molar-refractivity contribution is 5.20. The molecule has 0 atom stereocenters. The summed E-state index contributed by atoms with van der Waals surface area (Å²) in [6.07, 6.45) is 1.07. The van der Waals surface area contributed by atoms with Crippen LogP contribution in [0.4, 0.5) is 0 Å². The molecule has 86 valence electrons. The Morgan fingerprint density at radius 3 is 2.20 bits per heavy atom. The Hall–Kier alpha value is -1.02. The first-order chi connectivity index (χ1) is 7.29. The summed E-state index contributed by atoms with van der Waals surface area (Å²) in [4.78, 5) is 2.16. The summed E-state index contributed by atoms with van der Waals surface area (Å²) in [6, 6.07) is 9.93. The zero-order valence-electron chi connectivity index (χ0n) is 10.4. The molecule has 0 spiro atoms. The predicted octanol–water partition coefficient (Wildman–Crippen LogP) is 3.04. The molecule has 2 nitrogen and oxygen atoms in total. The zero-order valence-corrected chi connectivity index (χ0v) is 10.4. The molecule has 0 unspecified atom stereocenters. The van der Waals surface area contributed by atoms with Crippen molar-refractivity contribution in [1.82, 2.24) is 4.90 Å². The van der Waals surface area contributed by atoms with E-state index in [0.29, 0.717) is 0 Å². The fourth-order valence-corrected chi connectivity index (χ4v) is 1.09. The van der Waals surface area contributed by atoms with E-state index < -0.39 is 0 Å². The molecule has 0 aliphatic rings. The van der Waals surface area contributed by atoms with Crippen LogP contribution in [0.5, 0.6) is 5.75 Å². The quantitative estimate of drug-likeness (QED) is 0.691. The molecular formula is C13H23NO. The fraction of sp³-hybridized carbons (Fsp3) is 0.538. The Morgan fingerprint density at radius 2 is 1.67 bits per heavy atom. The number of rotatable bonds is 5. The maximum Gasteiger partial charge on any atom is 0.119 e. The molecule has 0 fully saturated rings. The van der Waals surface area contributed by atoms with E-state index in [0.717, 1.165) is 25.3 Å². The molecule has 0 aliphatic heterocycles. The Bertz CT molecular complexity index is 221. The molecule has 15 heavy (non-hydrogen) atoms. The molecule has 1 aromatic rings. The number of benzene rings is 1. The lowest BCUT2D eigenvalue weighted by Crippen LogP contribution is -2.15. The molecule has 0 N–H and O–H groups in total. The summed E-state index contributed by atoms with van der Waals surface area (Å²) in [5.41, 5.74) is 0. The Balaban J connectivity index is 0.000000921. The molecule has 0 saturated heterocycles. The Labute approximate surface area is 93.9 Å². The Kier molecular flexibility index (Phi) is 8.88. The van der Waals surface area contributed by atoms with Crippen LogP contribution in [0.3, 0.4) is 0 Å².